The first kappa shape index (κ1) is 17.8. The van der Waals surface area contributed by atoms with Crippen molar-refractivity contribution in [2.45, 2.75) is 45.7 Å². The Balaban J connectivity index is 2.43. The fourth-order valence-corrected chi connectivity index (χ4v) is 2.65. The number of carbonyl (C=O) groups is 2. The maximum absolute atomic E-state index is 12.5. The van der Waals surface area contributed by atoms with Crippen LogP contribution in [0, 0.1) is 23.7 Å². The largest absolute Gasteiger partial charge is 0.481 e. The van der Waals surface area contributed by atoms with Crippen molar-refractivity contribution >= 4 is 11.9 Å². The highest BCUT2D eigenvalue weighted by Gasteiger charge is 2.42. The lowest BCUT2D eigenvalue weighted by atomic mass is 9.81. The average molecular weight is 309 g/mol. The van der Waals surface area contributed by atoms with E-state index in [-0.39, 0.29) is 44.1 Å². The lowest BCUT2D eigenvalue weighted by molar-refractivity contribution is -0.184. The molecule has 4 nitrogen and oxygen atoms in total. The van der Waals surface area contributed by atoms with E-state index >= 15 is 0 Å². The van der Waals surface area contributed by atoms with Gasteiger partial charge in [-0.1, -0.05) is 13.8 Å². The molecule has 0 aliphatic heterocycles. The predicted molar refractivity (Wildman–Crippen MR) is 70.5 cm³/mol. The van der Waals surface area contributed by atoms with Crippen molar-refractivity contribution < 1.29 is 27.9 Å². The van der Waals surface area contributed by atoms with Gasteiger partial charge in [-0.25, -0.2) is 0 Å². The number of rotatable bonds is 5. The van der Waals surface area contributed by atoms with E-state index in [0.717, 1.165) is 0 Å². The van der Waals surface area contributed by atoms with Gasteiger partial charge in [-0.3, -0.25) is 9.59 Å². The van der Waals surface area contributed by atoms with Gasteiger partial charge in [0.2, 0.25) is 5.91 Å². The minimum atomic E-state index is -4.19. The molecule has 1 atom stereocenters. The fraction of sp³-hybridized carbons (Fsp3) is 0.857. The highest BCUT2D eigenvalue weighted by molar-refractivity contribution is 5.79. The van der Waals surface area contributed by atoms with Crippen LogP contribution >= 0.6 is 0 Å². The molecule has 0 heterocycles. The van der Waals surface area contributed by atoms with E-state index in [0.29, 0.717) is 0 Å². The second kappa shape index (κ2) is 7.13. The third-order valence-electron chi connectivity index (χ3n) is 4.18. The van der Waals surface area contributed by atoms with Crippen molar-refractivity contribution in [1.82, 2.24) is 5.32 Å². The van der Waals surface area contributed by atoms with E-state index in [1.54, 1.807) is 13.8 Å². The van der Waals surface area contributed by atoms with Gasteiger partial charge in [-0.15, -0.1) is 0 Å². The maximum atomic E-state index is 12.5. The molecule has 0 spiro atoms. The van der Waals surface area contributed by atoms with Gasteiger partial charge in [-0.2, -0.15) is 13.2 Å². The lowest BCUT2D eigenvalue weighted by Gasteiger charge is -2.29. The third kappa shape index (κ3) is 5.21. The van der Waals surface area contributed by atoms with Gasteiger partial charge in [-0.05, 0) is 31.6 Å². The molecule has 1 unspecified atom stereocenters. The standard InChI is InChI=1S/C14H22F3NO3/c1-8(2)11(13(20)21)7-18-12(19)9-3-5-10(6-4-9)14(15,16)17/h8-11H,3-7H2,1-2H3,(H,18,19)(H,20,21). The van der Waals surface area contributed by atoms with Gasteiger partial charge in [0.1, 0.15) is 0 Å². The number of carboxylic acid groups (broad SMARTS) is 1. The summed E-state index contributed by atoms with van der Waals surface area (Å²) in [5.74, 6) is -3.87. The lowest BCUT2D eigenvalue weighted by Crippen LogP contribution is -2.40. The first-order valence-corrected chi connectivity index (χ1v) is 7.20. The number of aliphatic carboxylic acids is 1. The van der Waals surface area contributed by atoms with E-state index in [2.05, 4.69) is 5.32 Å². The topological polar surface area (TPSA) is 66.4 Å². The second-order valence-corrected chi connectivity index (χ2v) is 6.02. The molecule has 1 saturated carbocycles. The first-order chi connectivity index (χ1) is 9.62. The maximum Gasteiger partial charge on any atom is 0.391 e. The Bertz CT molecular complexity index is 374. The van der Waals surface area contributed by atoms with Crippen LogP contribution in [0.2, 0.25) is 0 Å². The van der Waals surface area contributed by atoms with Gasteiger partial charge in [0.05, 0.1) is 11.8 Å². The molecule has 0 aromatic carbocycles. The molecule has 0 radical (unpaired) electrons. The number of hydrogen-bond acceptors (Lipinski definition) is 2. The van der Waals surface area contributed by atoms with Gasteiger partial charge in [0.25, 0.3) is 0 Å². The van der Waals surface area contributed by atoms with Crippen LogP contribution in [0.25, 0.3) is 0 Å². The zero-order valence-corrected chi connectivity index (χ0v) is 12.2. The molecule has 1 rings (SSSR count). The Kier molecular flexibility index (Phi) is 6.04. The molecule has 0 aromatic rings. The molecular weight excluding hydrogens is 287 g/mol. The Morgan fingerprint density at radius 2 is 1.71 bits per heavy atom. The third-order valence-corrected chi connectivity index (χ3v) is 4.18. The molecule has 1 aliphatic rings. The molecule has 21 heavy (non-hydrogen) atoms. The summed E-state index contributed by atoms with van der Waals surface area (Å²) in [6.45, 7) is 3.52. The fourth-order valence-electron chi connectivity index (χ4n) is 2.65. The molecular formula is C14H22F3NO3. The summed E-state index contributed by atoms with van der Waals surface area (Å²) in [5, 5.41) is 11.6. The van der Waals surface area contributed by atoms with Crippen LogP contribution in [0.3, 0.4) is 0 Å². The number of hydrogen-bond donors (Lipinski definition) is 2. The SMILES string of the molecule is CC(C)C(CNC(=O)C1CCC(C(F)(F)F)CC1)C(=O)O. The minimum Gasteiger partial charge on any atom is -0.481 e. The van der Waals surface area contributed by atoms with E-state index in [1.807, 2.05) is 0 Å². The van der Waals surface area contributed by atoms with Gasteiger partial charge in [0, 0.05) is 12.5 Å². The second-order valence-electron chi connectivity index (χ2n) is 6.02. The monoisotopic (exact) mass is 309 g/mol. The molecule has 0 saturated heterocycles. The summed E-state index contributed by atoms with van der Waals surface area (Å²) < 4.78 is 37.6. The zero-order chi connectivity index (χ0) is 16.2. The number of halogens is 3. The number of amides is 1. The Hall–Kier alpha value is -1.27. The number of nitrogens with one attached hydrogen (secondary N) is 1. The number of carboxylic acids is 1. The molecule has 122 valence electrons. The number of alkyl halides is 3. The molecule has 1 amide bonds. The van der Waals surface area contributed by atoms with Gasteiger partial charge >= 0.3 is 12.1 Å². The zero-order valence-electron chi connectivity index (χ0n) is 12.2. The van der Waals surface area contributed by atoms with Crippen molar-refractivity contribution in [2.24, 2.45) is 23.7 Å². The number of carbonyl (C=O) groups excluding carboxylic acids is 1. The van der Waals surface area contributed by atoms with Crippen molar-refractivity contribution in [3.05, 3.63) is 0 Å². The molecule has 7 heteroatoms. The summed E-state index contributed by atoms with van der Waals surface area (Å²) in [6.07, 6.45) is -3.85. The van der Waals surface area contributed by atoms with Crippen molar-refractivity contribution in [1.29, 1.82) is 0 Å². The van der Waals surface area contributed by atoms with Crippen LogP contribution in [0.15, 0.2) is 0 Å². The summed E-state index contributed by atoms with van der Waals surface area (Å²) in [6, 6.07) is 0. The average Bonchev–Trinajstić information content (AvgIpc) is 2.37. The van der Waals surface area contributed by atoms with Crippen molar-refractivity contribution in [2.75, 3.05) is 6.54 Å². The highest BCUT2D eigenvalue weighted by atomic mass is 19.4. The van der Waals surface area contributed by atoms with Crippen LogP contribution in [0.5, 0.6) is 0 Å². The highest BCUT2D eigenvalue weighted by Crippen LogP contribution is 2.39. The van der Waals surface area contributed by atoms with E-state index in [9.17, 15) is 22.8 Å². The first-order valence-electron chi connectivity index (χ1n) is 7.20. The van der Waals surface area contributed by atoms with Gasteiger partial charge in [0.15, 0.2) is 0 Å². The summed E-state index contributed by atoms with van der Waals surface area (Å²) >= 11 is 0. The minimum absolute atomic E-state index is 0.0189. The van der Waals surface area contributed by atoms with Crippen molar-refractivity contribution in [3.8, 4) is 0 Å². The Morgan fingerprint density at radius 3 is 2.10 bits per heavy atom. The Morgan fingerprint density at radius 1 is 1.19 bits per heavy atom. The Labute approximate surface area is 122 Å². The summed E-state index contributed by atoms with van der Waals surface area (Å²) in [5.41, 5.74) is 0. The van der Waals surface area contributed by atoms with Crippen LogP contribution in [-0.4, -0.2) is 29.7 Å². The van der Waals surface area contributed by atoms with E-state index in [4.69, 9.17) is 5.11 Å². The molecule has 1 aliphatic carbocycles. The molecule has 0 bridgehead atoms. The van der Waals surface area contributed by atoms with Crippen LogP contribution in [-0.2, 0) is 9.59 Å². The van der Waals surface area contributed by atoms with E-state index in [1.165, 1.54) is 0 Å². The van der Waals surface area contributed by atoms with E-state index < -0.39 is 29.9 Å². The van der Waals surface area contributed by atoms with Crippen LogP contribution in [0.1, 0.15) is 39.5 Å². The smallest absolute Gasteiger partial charge is 0.391 e. The molecule has 0 aromatic heterocycles. The summed E-state index contributed by atoms with van der Waals surface area (Å²) in [7, 11) is 0. The van der Waals surface area contributed by atoms with Crippen molar-refractivity contribution in [3.63, 3.8) is 0 Å². The van der Waals surface area contributed by atoms with Crippen LogP contribution in [0.4, 0.5) is 13.2 Å². The van der Waals surface area contributed by atoms with Crippen LogP contribution < -0.4 is 5.32 Å². The van der Waals surface area contributed by atoms with Gasteiger partial charge < -0.3 is 10.4 Å². The quantitative estimate of drug-likeness (QED) is 0.820. The molecule has 1 fully saturated rings. The normalized spacial score (nSPS) is 24.7. The summed E-state index contributed by atoms with van der Waals surface area (Å²) in [4.78, 5) is 22.9. The predicted octanol–water partition coefficient (Wildman–Crippen LogP) is 2.83. The molecule has 2 N–H and O–H groups in total.